The zero-order valence-electron chi connectivity index (χ0n) is 15.3. The van der Waals surface area contributed by atoms with E-state index >= 15 is 0 Å². The highest BCUT2D eigenvalue weighted by atomic mass is 14.9. The van der Waals surface area contributed by atoms with E-state index in [1.165, 1.54) is 81.1 Å². The topological polar surface area (TPSA) is 24.1 Å². The number of allylic oxidation sites excluding steroid dienone is 1. The molecule has 0 bridgehead atoms. The van der Waals surface area contributed by atoms with Crippen molar-refractivity contribution in [2.24, 2.45) is 0 Å². The maximum atomic E-state index is 3.84. The first-order chi connectivity index (χ1) is 11.8. The van der Waals surface area contributed by atoms with Crippen LogP contribution in [-0.4, -0.2) is 12.1 Å². The van der Waals surface area contributed by atoms with Gasteiger partial charge in [-0.05, 0) is 49.8 Å². The first-order valence-electron chi connectivity index (χ1n) is 10.2. The van der Waals surface area contributed by atoms with E-state index in [0.717, 1.165) is 6.42 Å². The van der Waals surface area contributed by atoms with Gasteiger partial charge in [-0.15, -0.1) is 0 Å². The van der Waals surface area contributed by atoms with E-state index in [0.29, 0.717) is 12.1 Å². The van der Waals surface area contributed by atoms with Crippen LogP contribution >= 0.6 is 0 Å². The number of nitrogens with one attached hydrogen (secondary N) is 2. The standard InChI is InChI=1S/C22H34N2/c1-2-3-10-18-15-16-21(23-19-11-6-4-7-12-19)17-22(18)24-20-13-8-5-9-14-20/h3,10,15-17,19-20,23-24H,2,4-9,11-14H2,1H3. The van der Waals surface area contributed by atoms with E-state index in [2.05, 4.69) is 47.9 Å². The van der Waals surface area contributed by atoms with Gasteiger partial charge >= 0.3 is 0 Å². The summed E-state index contributed by atoms with van der Waals surface area (Å²) in [6.45, 7) is 2.20. The molecule has 0 atom stereocenters. The average molecular weight is 327 g/mol. The van der Waals surface area contributed by atoms with Crippen molar-refractivity contribution in [2.45, 2.75) is 89.6 Å². The van der Waals surface area contributed by atoms with Crippen LogP contribution in [0.15, 0.2) is 24.3 Å². The number of benzene rings is 1. The number of anilines is 2. The molecular formula is C22H34N2. The lowest BCUT2D eigenvalue weighted by Gasteiger charge is -2.27. The van der Waals surface area contributed by atoms with Crippen molar-refractivity contribution in [3.63, 3.8) is 0 Å². The summed E-state index contributed by atoms with van der Waals surface area (Å²) in [5, 5.41) is 7.62. The highest BCUT2D eigenvalue weighted by molar-refractivity contribution is 5.71. The Morgan fingerprint density at radius 2 is 1.50 bits per heavy atom. The molecule has 2 N–H and O–H groups in total. The van der Waals surface area contributed by atoms with E-state index in [9.17, 15) is 0 Å². The SMILES string of the molecule is CCC=Cc1ccc(NC2CCCCC2)cc1NC1CCCCC1. The van der Waals surface area contributed by atoms with E-state index < -0.39 is 0 Å². The van der Waals surface area contributed by atoms with Crippen molar-refractivity contribution in [1.29, 1.82) is 0 Å². The minimum atomic E-state index is 0.650. The van der Waals surface area contributed by atoms with E-state index in [1.807, 2.05) is 0 Å². The zero-order chi connectivity index (χ0) is 16.6. The minimum Gasteiger partial charge on any atom is -0.382 e. The summed E-state index contributed by atoms with van der Waals surface area (Å²) in [5.74, 6) is 0. The van der Waals surface area contributed by atoms with Crippen LogP contribution in [0, 0.1) is 0 Å². The van der Waals surface area contributed by atoms with Gasteiger partial charge in [0, 0.05) is 23.5 Å². The molecule has 24 heavy (non-hydrogen) atoms. The summed E-state index contributed by atoms with van der Waals surface area (Å²) < 4.78 is 0. The second-order valence-corrected chi connectivity index (χ2v) is 7.57. The average Bonchev–Trinajstić information content (AvgIpc) is 2.63. The van der Waals surface area contributed by atoms with Crippen LogP contribution in [0.3, 0.4) is 0 Å². The van der Waals surface area contributed by atoms with E-state index in [4.69, 9.17) is 0 Å². The highest BCUT2D eigenvalue weighted by Gasteiger charge is 2.16. The van der Waals surface area contributed by atoms with Gasteiger partial charge in [0.2, 0.25) is 0 Å². The molecule has 3 rings (SSSR count). The summed E-state index contributed by atoms with van der Waals surface area (Å²) in [4.78, 5) is 0. The molecular weight excluding hydrogens is 292 g/mol. The predicted octanol–water partition coefficient (Wildman–Crippen LogP) is 6.60. The van der Waals surface area contributed by atoms with Crippen LogP contribution in [0.1, 0.15) is 83.1 Å². The Bertz CT molecular complexity index is 523. The van der Waals surface area contributed by atoms with Crippen molar-refractivity contribution in [3.8, 4) is 0 Å². The second-order valence-electron chi connectivity index (χ2n) is 7.57. The zero-order valence-corrected chi connectivity index (χ0v) is 15.3. The molecule has 2 aliphatic rings. The van der Waals surface area contributed by atoms with Crippen LogP contribution in [0.2, 0.25) is 0 Å². The van der Waals surface area contributed by atoms with Crippen molar-refractivity contribution in [2.75, 3.05) is 10.6 Å². The van der Waals surface area contributed by atoms with Crippen molar-refractivity contribution >= 4 is 17.5 Å². The molecule has 2 nitrogen and oxygen atoms in total. The monoisotopic (exact) mass is 326 g/mol. The second kappa shape index (κ2) is 9.15. The molecule has 2 fully saturated rings. The molecule has 0 aliphatic heterocycles. The number of rotatable bonds is 6. The van der Waals surface area contributed by atoms with Crippen molar-refractivity contribution in [1.82, 2.24) is 0 Å². The summed E-state index contributed by atoms with van der Waals surface area (Å²) in [5.41, 5.74) is 3.93. The summed E-state index contributed by atoms with van der Waals surface area (Å²) >= 11 is 0. The molecule has 1 aromatic carbocycles. The lowest BCUT2D eigenvalue weighted by molar-refractivity contribution is 0.461. The first kappa shape index (κ1) is 17.4. The Labute approximate surface area is 148 Å². The van der Waals surface area contributed by atoms with Gasteiger partial charge in [-0.1, -0.05) is 63.7 Å². The summed E-state index contributed by atoms with van der Waals surface area (Å²) in [6, 6.07) is 8.20. The van der Waals surface area contributed by atoms with Crippen LogP contribution < -0.4 is 10.6 Å². The maximum Gasteiger partial charge on any atom is 0.0436 e. The van der Waals surface area contributed by atoms with Gasteiger partial charge in [-0.2, -0.15) is 0 Å². The Kier molecular flexibility index (Phi) is 6.63. The molecule has 0 saturated heterocycles. The Hall–Kier alpha value is -1.44. The third-order valence-corrected chi connectivity index (χ3v) is 5.53. The van der Waals surface area contributed by atoms with Gasteiger partial charge in [0.05, 0.1) is 0 Å². The van der Waals surface area contributed by atoms with Crippen LogP contribution in [-0.2, 0) is 0 Å². The normalized spacial score (nSPS) is 20.4. The van der Waals surface area contributed by atoms with Gasteiger partial charge in [-0.25, -0.2) is 0 Å². The quantitative estimate of drug-likeness (QED) is 0.615. The Morgan fingerprint density at radius 1 is 0.875 bits per heavy atom. The summed E-state index contributed by atoms with van der Waals surface area (Å²) in [7, 11) is 0. The molecule has 0 amide bonds. The molecule has 2 heteroatoms. The number of hydrogen-bond acceptors (Lipinski definition) is 2. The molecule has 2 aliphatic carbocycles. The molecule has 0 heterocycles. The van der Waals surface area contributed by atoms with Crippen molar-refractivity contribution in [3.05, 3.63) is 29.8 Å². The third kappa shape index (κ3) is 5.03. The van der Waals surface area contributed by atoms with Gasteiger partial charge in [0.1, 0.15) is 0 Å². The van der Waals surface area contributed by atoms with Crippen molar-refractivity contribution < 1.29 is 0 Å². The highest BCUT2D eigenvalue weighted by Crippen LogP contribution is 2.29. The fourth-order valence-corrected chi connectivity index (χ4v) is 4.11. The summed E-state index contributed by atoms with van der Waals surface area (Å²) in [6.07, 6.45) is 19.2. The van der Waals surface area contributed by atoms with E-state index in [-0.39, 0.29) is 0 Å². The molecule has 2 saturated carbocycles. The molecule has 0 spiro atoms. The van der Waals surface area contributed by atoms with E-state index in [1.54, 1.807) is 0 Å². The molecule has 1 aromatic rings. The minimum absolute atomic E-state index is 0.650. The van der Waals surface area contributed by atoms with Gasteiger partial charge in [0.15, 0.2) is 0 Å². The van der Waals surface area contributed by atoms with Gasteiger partial charge in [-0.3, -0.25) is 0 Å². The maximum absolute atomic E-state index is 3.84. The smallest absolute Gasteiger partial charge is 0.0436 e. The fraction of sp³-hybridized carbons (Fsp3) is 0.636. The molecule has 0 unspecified atom stereocenters. The van der Waals surface area contributed by atoms with Crippen LogP contribution in [0.5, 0.6) is 0 Å². The predicted molar refractivity (Wildman–Crippen MR) is 107 cm³/mol. The first-order valence-corrected chi connectivity index (χ1v) is 10.2. The fourth-order valence-electron chi connectivity index (χ4n) is 4.11. The van der Waals surface area contributed by atoms with Gasteiger partial charge in [0.25, 0.3) is 0 Å². The molecule has 0 radical (unpaired) electrons. The Morgan fingerprint density at radius 3 is 2.12 bits per heavy atom. The van der Waals surface area contributed by atoms with Gasteiger partial charge < -0.3 is 10.6 Å². The third-order valence-electron chi connectivity index (χ3n) is 5.53. The largest absolute Gasteiger partial charge is 0.382 e. The molecule has 132 valence electrons. The van der Waals surface area contributed by atoms with Crippen LogP contribution in [0.4, 0.5) is 11.4 Å². The molecule has 0 aromatic heterocycles. The Balaban J connectivity index is 1.72. The lowest BCUT2D eigenvalue weighted by atomic mass is 9.94. The lowest BCUT2D eigenvalue weighted by Crippen LogP contribution is -2.24. The van der Waals surface area contributed by atoms with Crippen LogP contribution in [0.25, 0.3) is 6.08 Å². The number of hydrogen-bond donors (Lipinski definition) is 2.